The lowest BCUT2D eigenvalue weighted by Gasteiger charge is -2.14. The maximum absolute atomic E-state index is 12.8. The van der Waals surface area contributed by atoms with E-state index < -0.39 is 0 Å². The molecule has 2 aromatic carbocycles. The fourth-order valence-corrected chi connectivity index (χ4v) is 3.57. The molecule has 0 radical (unpaired) electrons. The summed E-state index contributed by atoms with van der Waals surface area (Å²) in [4.78, 5) is 21.3. The number of imidazole rings is 1. The van der Waals surface area contributed by atoms with Gasteiger partial charge in [-0.3, -0.25) is 4.79 Å². The Morgan fingerprint density at radius 3 is 2.45 bits per heavy atom. The second kappa shape index (κ2) is 8.55. The molecule has 0 saturated heterocycles. The number of hydrogen-bond donors (Lipinski definition) is 1. The van der Waals surface area contributed by atoms with E-state index in [1.165, 1.54) is 0 Å². The lowest BCUT2D eigenvalue weighted by atomic mass is 10.0. The van der Waals surface area contributed by atoms with E-state index in [2.05, 4.69) is 40.3 Å². The van der Waals surface area contributed by atoms with E-state index in [9.17, 15) is 4.79 Å². The van der Waals surface area contributed by atoms with Crippen LogP contribution in [0.5, 0.6) is 0 Å². The van der Waals surface area contributed by atoms with Crippen LogP contribution >= 0.6 is 0 Å². The monoisotopic (exact) mass is 414 g/mol. The average Bonchev–Trinajstić information content (AvgIpc) is 3.44. The molecule has 0 aliphatic rings. The SMILES string of the molecule is Cc1nc(C(=O)NC(C)c2ccc(-n3ccnc3)cc2)nn1-c1ccccc1C(C)C. The molecule has 4 aromatic rings. The molecule has 0 aliphatic carbocycles. The lowest BCUT2D eigenvalue weighted by molar-refractivity contribution is 0.0929. The standard InChI is InChI=1S/C24H26N6O/c1-16(2)21-7-5-6-8-22(21)30-18(4)27-23(28-30)24(31)26-17(3)19-9-11-20(12-10-19)29-14-13-25-15-29/h5-17H,1-4H3,(H,26,31). The highest BCUT2D eigenvalue weighted by Gasteiger charge is 2.19. The third kappa shape index (κ3) is 4.26. The summed E-state index contributed by atoms with van der Waals surface area (Å²) in [6.07, 6.45) is 5.38. The van der Waals surface area contributed by atoms with Gasteiger partial charge in [-0.2, -0.15) is 0 Å². The molecule has 7 heteroatoms. The first-order valence-corrected chi connectivity index (χ1v) is 10.4. The van der Waals surface area contributed by atoms with Gasteiger partial charge in [0.25, 0.3) is 5.91 Å². The van der Waals surface area contributed by atoms with Gasteiger partial charge in [-0.05, 0) is 49.1 Å². The van der Waals surface area contributed by atoms with Gasteiger partial charge < -0.3 is 9.88 Å². The van der Waals surface area contributed by atoms with Crippen molar-refractivity contribution in [3.8, 4) is 11.4 Å². The second-order valence-electron chi connectivity index (χ2n) is 7.86. The summed E-state index contributed by atoms with van der Waals surface area (Å²) in [5.74, 6) is 0.881. The van der Waals surface area contributed by atoms with Crippen molar-refractivity contribution in [1.82, 2.24) is 29.6 Å². The quantitative estimate of drug-likeness (QED) is 0.508. The summed E-state index contributed by atoms with van der Waals surface area (Å²) in [5.41, 5.74) is 4.12. The molecular formula is C24H26N6O. The van der Waals surface area contributed by atoms with Gasteiger partial charge in [0.05, 0.1) is 18.1 Å². The fourth-order valence-electron chi connectivity index (χ4n) is 3.57. The van der Waals surface area contributed by atoms with Gasteiger partial charge in [0.1, 0.15) is 5.82 Å². The minimum atomic E-state index is -0.296. The smallest absolute Gasteiger partial charge is 0.291 e. The van der Waals surface area contributed by atoms with Crippen molar-refractivity contribution in [2.24, 2.45) is 0 Å². The molecule has 4 rings (SSSR count). The van der Waals surface area contributed by atoms with Crippen LogP contribution in [0.2, 0.25) is 0 Å². The van der Waals surface area contributed by atoms with Gasteiger partial charge in [0, 0.05) is 18.1 Å². The Bertz CT molecular complexity index is 1180. The van der Waals surface area contributed by atoms with Crippen LogP contribution in [0.1, 0.15) is 60.3 Å². The largest absolute Gasteiger partial charge is 0.343 e. The van der Waals surface area contributed by atoms with Crippen LogP contribution in [0, 0.1) is 6.92 Å². The summed E-state index contributed by atoms with van der Waals surface area (Å²) in [6, 6.07) is 15.9. The van der Waals surface area contributed by atoms with E-state index in [4.69, 9.17) is 0 Å². The first kappa shape index (κ1) is 20.5. The summed E-state index contributed by atoms with van der Waals surface area (Å²) in [7, 11) is 0. The van der Waals surface area contributed by atoms with Crippen molar-refractivity contribution >= 4 is 5.91 Å². The van der Waals surface area contributed by atoms with Gasteiger partial charge in [0.15, 0.2) is 0 Å². The van der Waals surface area contributed by atoms with Crippen LogP contribution in [-0.2, 0) is 0 Å². The van der Waals surface area contributed by atoms with E-state index >= 15 is 0 Å². The molecule has 0 saturated carbocycles. The van der Waals surface area contributed by atoms with Gasteiger partial charge in [-0.25, -0.2) is 14.6 Å². The molecular weight excluding hydrogens is 388 g/mol. The Labute approximate surface area is 181 Å². The molecule has 0 bridgehead atoms. The van der Waals surface area contributed by atoms with Crippen LogP contribution in [0.25, 0.3) is 11.4 Å². The molecule has 7 nitrogen and oxygen atoms in total. The predicted molar refractivity (Wildman–Crippen MR) is 120 cm³/mol. The molecule has 31 heavy (non-hydrogen) atoms. The number of nitrogens with one attached hydrogen (secondary N) is 1. The molecule has 1 amide bonds. The molecule has 2 aromatic heterocycles. The van der Waals surface area contributed by atoms with Crippen molar-refractivity contribution < 1.29 is 4.79 Å². The Kier molecular flexibility index (Phi) is 5.66. The topological polar surface area (TPSA) is 77.6 Å². The third-order valence-corrected chi connectivity index (χ3v) is 5.30. The number of carbonyl (C=O) groups is 1. The number of nitrogens with zero attached hydrogens (tertiary/aromatic N) is 5. The first-order chi connectivity index (χ1) is 14.9. The van der Waals surface area contributed by atoms with Crippen LogP contribution in [0.15, 0.2) is 67.3 Å². The summed E-state index contributed by atoms with van der Waals surface area (Å²) in [6.45, 7) is 8.08. The summed E-state index contributed by atoms with van der Waals surface area (Å²) < 4.78 is 3.68. The lowest BCUT2D eigenvalue weighted by Crippen LogP contribution is -2.27. The Morgan fingerprint density at radius 2 is 1.77 bits per heavy atom. The predicted octanol–water partition coefficient (Wildman–Crippen LogP) is 4.38. The van der Waals surface area contributed by atoms with Gasteiger partial charge in [-0.1, -0.05) is 44.2 Å². The van der Waals surface area contributed by atoms with E-state index in [1.807, 2.05) is 67.1 Å². The number of para-hydroxylation sites is 1. The zero-order valence-electron chi connectivity index (χ0n) is 18.1. The van der Waals surface area contributed by atoms with Crippen molar-refractivity contribution in [3.05, 3.63) is 90.0 Å². The zero-order chi connectivity index (χ0) is 22.0. The highest BCUT2D eigenvalue weighted by molar-refractivity contribution is 5.90. The third-order valence-electron chi connectivity index (χ3n) is 5.30. The Balaban J connectivity index is 1.51. The molecule has 2 heterocycles. The van der Waals surface area contributed by atoms with Crippen LogP contribution in [0.3, 0.4) is 0 Å². The number of hydrogen-bond acceptors (Lipinski definition) is 4. The molecule has 1 atom stereocenters. The number of benzene rings is 2. The van der Waals surface area contributed by atoms with Gasteiger partial charge in [0.2, 0.25) is 5.82 Å². The number of amides is 1. The van der Waals surface area contributed by atoms with E-state index in [1.54, 1.807) is 17.2 Å². The number of carbonyl (C=O) groups excluding carboxylic acids is 1. The molecule has 1 unspecified atom stereocenters. The second-order valence-corrected chi connectivity index (χ2v) is 7.86. The molecule has 1 N–H and O–H groups in total. The Hall–Kier alpha value is -3.74. The van der Waals surface area contributed by atoms with E-state index in [-0.39, 0.29) is 17.8 Å². The van der Waals surface area contributed by atoms with Crippen LogP contribution < -0.4 is 5.32 Å². The van der Waals surface area contributed by atoms with Crippen molar-refractivity contribution in [1.29, 1.82) is 0 Å². The summed E-state index contributed by atoms with van der Waals surface area (Å²) in [5, 5.41) is 7.50. The normalized spacial score (nSPS) is 12.2. The molecule has 0 aliphatic heterocycles. The molecule has 158 valence electrons. The zero-order valence-corrected chi connectivity index (χ0v) is 18.1. The van der Waals surface area contributed by atoms with Gasteiger partial charge >= 0.3 is 0 Å². The highest BCUT2D eigenvalue weighted by atomic mass is 16.2. The minimum Gasteiger partial charge on any atom is -0.343 e. The molecule has 0 fully saturated rings. The van der Waals surface area contributed by atoms with Crippen molar-refractivity contribution in [2.45, 2.75) is 39.7 Å². The molecule has 0 spiro atoms. The minimum absolute atomic E-state index is 0.165. The average molecular weight is 415 g/mol. The highest BCUT2D eigenvalue weighted by Crippen LogP contribution is 2.23. The van der Waals surface area contributed by atoms with Crippen molar-refractivity contribution in [2.75, 3.05) is 0 Å². The maximum Gasteiger partial charge on any atom is 0.291 e. The Morgan fingerprint density at radius 1 is 1.03 bits per heavy atom. The van der Waals surface area contributed by atoms with Crippen LogP contribution in [-0.4, -0.2) is 30.2 Å². The first-order valence-electron chi connectivity index (χ1n) is 10.4. The van der Waals surface area contributed by atoms with Crippen LogP contribution in [0.4, 0.5) is 0 Å². The maximum atomic E-state index is 12.8. The van der Waals surface area contributed by atoms with E-state index in [0.717, 1.165) is 22.5 Å². The number of aromatic nitrogens is 5. The summed E-state index contributed by atoms with van der Waals surface area (Å²) >= 11 is 0. The fraction of sp³-hybridized carbons (Fsp3) is 0.250. The van der Waals surface area contributed by atoms with Gasteiger partial charge in [-0.15, -0.1) is 5.10 Å². The van der Waals surface area contributed by atoms with Crippen molar-refractivity contribution in [3.63, 3.8) is 0 Å². The van der Waals surface area contributed by atoms with E-state index in [0.29, 0.717) is 11.7 Å². The number of rotatable bonds is 6. The number of aryl methyl sites for hydroxylation is 1.